The van der Waals surface area contributed by atoms with Crippen molar-refractivity contribution >= 4 is 17.4 Å². The number of nitrogens with zero attached hydrogens (tertiary/aromatic N) is 6. The van der Waals surface area contributed by atoms with Crippen LogP contribution in [-0.2, 0) is 0 Å². The molecule has 0 aromatic carbocycles. The molecule has 8 heteroatoms. The van der Waals surface area contributed by atoms with Crippen LogP contribution in [0.3, 0.4) is 0 Å². The van der Waals surface area contributed by atoms with E-state index < -0.39 is 0 Å². The van der Waals surface area contributed by atoms with Crippen LogP contribution in [0.4, 0.5) is 0 Å². The largest absolute Gasteiger partial charge is 0.183 e. The molecule has 26 heavy (non-hydrogen) atoms. The normalized spacial score (nSPS) is 3.38. The molecule has 0 aromatic rings. The summed E-state index contributed by atoms with van der Waals surface area (Å²) >= 11 is 4.13. The summed E-state index contributed by atoms with van der Waals surface area (Å²) in [5.41, 5.74) is 6.08. The maximum Gasteiger partial charge on any atom is 0.0890 e. The van der Waals surface area contributed by atoms with Gasteiger partial charge in [-0.3, -0.25) is 0 Å². The maximum absolute atomic E-state index is 6.08. The molecule has 0 bridgehead atoms. The average molecular weight is 416 g/mol. The molecule has 182 valence electrons. The molecular weight excluding hydrogens is 346 g/mol. The third-order valence-electron chi connectivity index (χ3n) is 0.250. The minimum absolute atomic E-state index is 0. The van der Waals surface area contributed by atoms with Gasteiger partial charge in [0.1, 0.15) is 0 Å². The van der Waals surface area contributed by atoms with Crippen LogP contribution in [0, 0.1) is 5.53 Å². The van der Waals surface area contributed by atoms with Crippen molar-refractivity contribution in [1.29, 1.82) is 5.53 Å². The molecule has 0 saturated heterocycles. The second-order valence-electron chi connectivity index (χ2n) is 0.649. The van der Waals surface area contributed by atoms with Crippen LogP contribution in [0.25, 0.3) is 0 Å². The molecule has 0 radical (unpaired) electrons. The van der Waals surface area contributed by atoms with E-state index in [1.165, 1.54) is 0 Å². The Hall–Kier alpha value is -1.40. The van der Waals surface area contributed by atoms with E-state index in [9.17, 15) is 0 Å². The molecule has 0 unspecified atom stereocenters. The molecule has 7 nitrogen and oxygen atoms in total. The molecule has 0 aliphatic carbocycles. The zero-order valence-electron chi connectivity index (χ0n) is 4.09. The third kappa shape index (κ3) is 498. The number of thiocarbonyl (C=S) groups is 1. The van der Waals surface area contributed by atoms with Gasteiger partial charge in [-0.25, -0.2) is 0 Å². The Labute approximate surface area is 180 Å². The Balaban J connectivity index is -0.00000000235. The summed E-state index contributed by atoms with van der Waals surface area (Å²) in [4.78, 5) is 0. The Morgan fingerprint density at radius 1 is 0.423 bits per heavy atom. The Morgan fingerprint density at radius 3 is 0.846 bits per heavy atom. The van der Waals surface area contributed by atoms with Crippen molar-refractivity contribution in [1.82, 2.24) is 0 Å². The van der Waals surface area contributed by atoms with E-state index in [-0.39, 0.29) is 126 Å². The van der Waals surface area contributed by atoms with Crippen molar-refractivity contribution < 1.29 is 0 Å². The van der Waals surface area contributed by atoms with Gasteiger partial charge >= 0.3 is 0 Å². The van der Waals surface area contributed by atoms with Crippen molar-refractivity contribution in [2.45, 2.75) is 126 Å². The first-order chi connectivity index (χ1) is 4.41. The molecule has 0 aromatic heterocycles. The molecule has 0 heterocycles. The van der Waals surface area contributed by atoms with Crippen LogP contribution in [-0.4, -0.2) is 5.16 Å². The van der Waals surface area contributed by atoms with Crippen LogP contribution >= 0.6 is 12.2 Å². The van der Waals surface area contributed by atoms with E-state index in [1.54, 1.807) is 0 Å². The first-order valence-electron chi connectivity index (χ1n) is 1.65. The first kappa shape index (κ1) is 315. The van der Waals surface area contributed by atoms with Gasteiger partial charge in [-0.15, -0.1) is 0 Å². The van der Waals surface area contributed by atoms with Crippen molar-refractivity contribution in [2.75, 3.05) is 0 Å². The second-order valence-corrected chi connectivity index (χ2v) is 0.832. The third-order valence-corrected chi connectivity index (χ3v) is 0.332. The van der Waals surface area contributed by atoms with Gasteiger partial charge in [-0.1, -0.05) is 131 Å². The van der Waals surface area contributed by atoms with Gasteiger partial charge in [0.2, 0.25) is 0 Å². The average Bonchev–Trinajstić information content (AvgIpc) is 1.89. The lowest BCUT2D eigenvalue weighted by Gasteiger charge is -1.62. The van der Waals surface area contributed by atoms with E-state index in [1.807, 2.05) is 5.16 Å². The van der Waals surface area contributed by atoms with Crippen LogP contribution in [0.5, 0.6) is 0 Å². The van der Waals surface area contributed by atoms with E-state index in [4.69, 9.17) is 5.53 Å². The van der Waals surface area contributed by atoms with Crippen molar-refractivity contribution in [3.8, 4) is 0 Å². The van der Waals surface area contributed by atoms with Crippen molar-refractivity contribution in [2.24, 2.45) is 31.2 Å². The second kappa shape index (κ2) is 384. The lowest BCUT2D eigenvalue weighted by molar-refractivity contribution is 0.808. The zero-order chi connectivity index (χ0) is 6.95. The predicted molar refractivity (Wildman–Crippen MR) is 144 cm³/mol. The highest BCUT2D eigenvalue weighted by Gasteiger charge is 1.60. The number of isothiocyanates is 1. The summed E-state index contributed by atoms with van der Waals surface area (Å²) < 4.78 is 0. The quantitative estimate of drug-likeness (QED) is 0.210. The first-order valence-corrected chi connectivity index (χ1v) is 2.06. The predicted octanol–water partition coefficient (Wildman–Crippen LogP) is 12.6. The summed E-state index contributed by atoms with van der Waals surface area (Å²) in [7, 11) is 0. The van der Waals surface area contributed by atoms with Gasteiger partial charge in [0.05, 0.1) is 5.16 Å². The highest BCUT2D eigenvalue weighted by atomic mass is 32.1. The summed E-state index contributed by atoms with van der Waals surface area (Å²) in [5.74, 6) is 0. The van der Waals surface area contributed by atoms with Crippen LogP contribution in [0.1, 0.15) is 126 Å². The lowest BCUT2D eigenvalue weighted by Crippen LogP contribution is -1.45. The van der Waals surface area contributed by atoms with Crippen molar-refractivity contribution in [3.63, 3.8) is 0 Å². The smallest absolute Gasteiger partial charge is 0.0890 e. The van der Waals surface area contributed by atoms with E-state index in [0.717, 1.165) is 0 Å². The van der Waals surface area contributed by atoms with Gasteiger partial charge in [0.25, 0.3) is 0 Å². The molecule has 0 spiro atoms. The molecule has 0 fully saturated rings. The summed E-state index contributed by atoms with van der Waals surface area (Å²) in [6.45, 7) is 0. The number of nitrogens with one attached hydrogen (secondary N) is 1. The number of hydrogen-bond acceptors (Lipinski definition) is 3. The fourth-order valence-electron chi connectivity index (χ4n) is 0.0940. The van der Waals surface area contributed by atoms with Gasteiger partial charge in [-0.05, 0) is 38.3 Å². The summed E-state index contributed by atoms with van der Waals surface area (Å²) in [5, 5.41) is 19.0. The lowest BCUT2D eigenvalue weighted by atomic mass is 11.7. The minimum Gasteiger partial charge on any atom is -0.183 e. The molecule has 0 atom stereocenters. The minimum atomic E-state index is 0. The van der Waals surface area contributed by atoms with E-state index in [2.05, 4.69) is 43.4 Å². The summed E-state index contributed by atoms with van der Waals surface area (Å²) in [6, 6.07) is 0. The van der Waals surface area contributed by atoms with E-state index >= 15 is 0 Å². The Bertz CT molecular complexity index is 192. The van der Waals surface area contributed by atoms with Crippen LogP contribution < -0.4 is 0 Å². The van der Waals surface area contributed by atoms with Crippen LogP contribution in [0.15, 0.2) is 31.2 Å². The molecule has 0 aliphatic heterocycles. The van der Waals surface area contributed by atoms with Gasteiger partial charge in [-0.2, -0.15) is 5.53 Å². The SMILES string of the molecule is C.C.C.C.C.C.C.C.C.C.C.C.C.C.C.C.C.N=N/N=N/N=N/N=C=S. The standard InChI is InChI=1S/CHN7S.17CH4/c2-4-6-8-7-5-3-1-9;;;;;;;;;;;;;;;;;/h2H;17*1H4/b4-2?,7-5+,8-6+;;;;;;;;;;;;;;;;;. The van der Waals surface area contributed by atoms with Gasteiger partial charge in [0.15, 0.2) is 0 Å². The molecular formula is C18H69N7S. The number of rotatable bonds is 3. The molecule has 1 N–H and O–H groups in total. The molecule has 0 amide bonds. The number of hydrogen-bond donors (Lipinski definition) is 1. The Kier molecular flexibility index (Phi) is 4650. The van der Waals surface area contributed by atoms with Gasteiger partial charge < -0.3 is 0 Å². The monoisotopic (exact) mass is 416 g/mol. The van der Waals surface area contributed by atoms with E-state index in [0.29, 0.717) is 0 Å². The summed E-state index contributed by atoms with van der Waals surface area (Å²) in [6.07, 6.45) is 0. The zero-order valence-corrected chi connectivity index (χ0v) is 4.91. The molecule has 0 rings (SSSR count). The Morgan fingerprint density at radius 2 is 0.654 bits per heavy atom. The topological polar surface area (TPSA) is 98.0 Å². The highest BCUT2D eigenvalue weighted by Crippen LogP contribution is 1.79. The molecule has 0 aliphatic rings. The van der Waals surface area contributed by atoms with Crippen LogP contribution in [0.2, 0.25) is 0 Å². The molecule has 0 saturated carbocycles. The fraction of sp³-hybridized carbons (Fsp3) is 0.944. The van der Waals surface area contributed by atoms with Crippen molar-refractivity contribution in [3.05, 3.63) is 0 Å². The fourth-order valence-corrected chi connectivity index (χ4v) is 0.131. The highest BCUT2D eigenvalue weighted by molar-refractivity contribution is 7.78. The maximum atomic E-state index is 6.08. The van der Waals surface area contributed by atoms with Gasteiger partial charge in [0, 0.05) is 0 Å².